The van der Waals surface area contributed by atoms with Crippen molar-refractivity contribution in [1.29, 1.82) is 0 Å². The summed E-state index contributed by atoms with van der Waals surface area (Å²) in [7, 11) is 0. The molecule has 0 amide bonds. The summed E-state index contributed by atoms with van der Waals surface area (Å²) in [6.45, 7) is 5.30. The molecule has 0 saturated heterocycles. The molecule has 1 nitrogen and oxygen atoms in total. The molecule has 1 N–H and O–H groups in total. The Kier molecular flexibility index (Phi) is 7.29. The summed E-state index contributed by atoms with van der Waals surface area (Å²) < 4.78 is 13.4. The molecule has 1 rings (SSSR count). The molecule has 1 aromatic rings. The standard InChI is InChI=1S/C14H22FNS/c1-3-5-8-12(16-4-2)11-17-14-10-7-6-9-13(14)15/h6-7,9-10,12,16H,3-5,8,11H2,1-2H3. The zero-order chi connectivity index (χ0) is 12.5. The lowest BCUT2D eigenvalue weighted by Crippen LogP contribution is -2.31. The van der Waals surface area contributed by atoms with Gasteiger partial charge in [-0.25, -0.2) is 4.39 Å². The summed E-state index contributed by atoms with van der Waals surface area (Å²) in [5.74, 6) is 0.831. The summed E-state index contributed by atoms with van der Waals surface area (Å²) in [6, 6.07) is 7.49. The number of rotatable bonds is 8. The molecule has 0 spiro atoms. The lowest BCUT2D eigenvalue weighted by Gasteiger charge is -2.17. The third kappa shape index (κ3) is 5.55. The molecular weight excluding hydrogens is 233 g/mol. The number of hydrogen-bond acceptors (Lipinski definition) is 2. The number of halogens is 1. The maximum atomic E-state index is 13.4. The Morgan fingerprint density at radius 3 is 2.71 bits per heavy atom. The first-order valence-corrected chi connectivity index (χ1v) is 7.37. The van der Waals surface area contributed by atoms with Crippen molar-refractivity contribution in [2.75, 3.05) is 12.3 Å². The summed E-state index contributed by atoms with van der Waals surface area (Å²) in [4.78, 5) is 0.756. The van der Waals surface area contributed by atoms with Gasteiger partial charge in [-0.2, -0.15) is 0 Å². The van der Waals surface area contributed by atoms with Crippen molar-refractivity contribution in [3.05, 3.63) is 30.1 Å². The van der Waals surface area contributed by atoms with Crippen molar-refractivity contribution in [3.63, 3.8) is 0 Å². The molecule has 0 heterocycles. The first kappa shape index (κ1) is 14.5. The first-order valence-electron chi connectivity index (χ1n) is 6.38. The van der Waals surface area contributed by atoms with E-state index in [4.69, 9.17) is 0 Å². The van der Waals surface area contributed by atoms with Crippen LogP contribution in [0.15, 0.2) is 29.2 Å². The van der Waals surface area contributed by atoms with Gasteiger partial charge in [0.1, 0.15) is 5.82 Å². The lowest BCUT2D eigenvalue weighted by molar-refractivity contribution is 0.515. The average molecular weight is 255 g/mol. The number of nitrogens with one attached hydrogen (secondary N) is 1. The van der Waals surface area contributed by atoms with Crippen LogP contribution in [-0.4, -0.2) is 18.3 Å². The molecular formula is C14H22FNS. The van der Waals surface area contributed by atoms with Gasteiger partial charge in [0.2, 0.25) is 0 Å². The van der Waals surface area contributed by atoms with Crippen molar-refractivity contribution in [1.82, 2.24) is 5.32 Å². The van der Waals surface area contributed by atoms with Crippen LogP contribution in [0.5, 0.6) is 0 Å². The van der Waals surface area contributed by atoms with Gasteiger partial charge in [-0.15, -0.1) is 11.8 Å². The largest absolute Gasteiger partial charge is 0.313 e. The lowest BCUT2D eigenvalue weighted by atomic mass is 10.1. The predicted octanol–water partition coefficient (Wildman–Crippen LogP) is 4.09. The van der Waals surface area contributed by atoms with Gasteiger partial charge in [-0.1, -0.05) is 38.8 Å². The molecule has 0 aliphatic heterocycles. The van der Waals surface area contributed by atoms with Crippen LogP contribution >= 0.6 is 11.8 Å². The zero-order valence-corrected chi connectivity index (χ0v) is 11.5. The Bertz CT molecular complexity index is 317. The van der Waals surface area contributed by atoms with Crippen LogP contribution in [0.25, 0.3) is 0 Å². The first-order chi connectivity index (χ1) is 8.27. The molecule has 1 atom stereocenters. The minimum Gasteiger partial charge on any atom is -0.313 e. The number of unbranched alkanes of at least 4 members (excludes halogenated alkanes) is 1. The van der Waals surface area contributed by atoms with E-state index in [1.165, 1.54) is 25.3 Å². The second-order valence-electron chi connectivity index (χ2n) is 4.14. The fourth-order valence-electron chi connectivity index (χ4n) is 1.74. The van der Waals surface area contributed by atoms with Gasteiger partial charge >= 0.3 is 0 Å². The van der Waals surface area contributed by atoms with Crippen LogP contribution in [0, 0.1) is 5.82 Å². The number of thioether (sulfide) groups is 1. The van der Waals surface area contributed by atoms with Crippen LogP contribution in [0.4, 0.5) is 4.39 Å². The van der Waals surface area contributed by atoms with Crippen LogP contribution in [0.1, 0.15) is 33.1 Å². The van der Waals surface area contributed by atoms with Crippen molar-refractivity contribution in [2.45, 2.75) is 44.0 Å². The van der Waals surface area contributed by atoms with E-state index in [9.17, 15) is 4.39 Å². The van der Waals surface area contributed by atoms with E-state index in [1.54, 1.807) is 17.8 Å². The van der Waals surface area contributed by atoms with Crippen LogP contribution in [0.3, 0.4) is 0 Å². The Morgan fingerprint density at radius 1 is 1.29 bits per heavy atom. The van der Waals surface area contributed by atoms with Crippen LogP contribution < -0.4 is 5.32 Å². The van der Waals surface area contributed by atoms with E-state index in [0.29, 0.717) is 6.04 Å². The molecule has 0 saturated carbocycles. The topological polar surface area (TPSA) is 12.0 Å². The van der Waals surface area contributed by atoms with Crippen molar-refractivity contribution < 1.29 is 4.39 Å². The maximum Gasteiger partial charge on any atom is 0.136 e. The Labute approximate surface area is 108 Å². The predicted molar refractivity (Wildman–Crippen MR) is 74.1 cm³/mol. The molecule has 1 aromatic carbocycles. The monoisotopic (exact) mass is 255 g/mol. The SMILES string of the molecule is CCCCC(CSc1ccccc1F)NCC. The average Bonchev–Trinajstić information content (AvgIpc) is 2.34. The third-order valence-electron chi connectivity index (χ3n) is 2.68. The van der Waals surface area contributed by atoms with Gasteiger partial charge in [0.15, 0.2) is 0 Å². The van der Waals surface area contributed by atoms with Gasteiger partial charge in [0.25, 0.3) is 0 Å². The third-order valence-corrected chi connectivity index (χ3v) is 3.89. The summed E-state index contributed by atoms with van der Waals surface area (Å²) in [6.07, 6.45) is 3.62. The van der Waals surface area contributed by atoms with Crippen LogP contribution in [-0.2, 0) is 0 Å². The van der Waals surface area contributed by atoms with Crippen LogP contribution in [0.2, 0.25) is 0 Å². The molecule has 3 heteroatoms. The second-order valence-corrected chi connectivity index (χ2v) is 5.20. The number of hydrogen-bond donors (Lipinski definition) is 1. The fraction of sp³-hybridized carbons (Fsp3) is 0.571. The Hall–Kier alpha value is -0.540. The molecule has 1 unspecified atom stereocenters. The van der Waals surface area contributed by atoms with E-state index >= 15 is 0 Å². The Balaban J connectivity index is 2.42. The van der Waals surface area contributed by atoms with E-state index in [2.05, 4.69) is 19.2 Å². The van der Waals surface area contributed by atoms with Gasteiger partial charge in [-0.3, -0.25) is 0 Å². The smallest absolute Gasteiger partial charge is 0.136 e. The number of benzene rings is 1. The summed E-state index contributed by atoms with van der Waals surface area (Å²) in [5.41, 5.74) is 0. The minimum atomic E-state index is -0.108. The van der Waals surface area contributed by atoms with E-state index in [1.807, 2.05) is 12.1 Å². The van der Waals surface area contributed by atoms with E-state index in [-0.39, 0.29) is 5.82 Å². The maximum absolute atomic E-state index is 13.4. The molecule has 17 heavy (non-hydrogen) atoms. The highest BCUT2D eigenvalue weighted by Gasteiger charge is 2.09. The minimum absolute atomic E-state index is 0.108. The molecule has 0 fully saturated rings. The fourth-order valence-corrected chi connectivity index (χ4v) is 2.78. The summed E-state index contributed by atoms with van der Waals surface area (Å²) in [5, 5.41) is 3.46. The van der Waals surface area contributed by atoms with Gasteiger partial charge in [0.05, 0.1) is 0 Å². The summed E-state index contributed by atoms with van der Waals surface area (Å²) >= 11 is 1.61. The molecule has 96 valence electrons. The van der Waals surface area contributed by atoms with E-state index < -0.39 is 0 Å². The highest BCUT2D eigenvalue weighted by atomic mass is 32.2. The molecule has 0 bridgehead atoms. The van der Waals surface area contributed by atoms with Gasteiger partial charge < -0.3 is 5.32 Å². The Morgan fingerprint density at radius 2 is 2.06 bits per heavy atom. The quantitative estimate of drug-likeness (QED) is 0.702. The van der Waals surface area contributed by atoms with Crippen molar-refractivity contribution in [3.8, 4) is 0 Å². The van der Waals surface area contributed by atoms with E-state index in [0.717, 1.165) is 17.2 Å². The van der Waals surface area contributed by atoms with Gasteiger partial charge in [0, 0.05) is 16.7 Å². The van der Waals surface area contributed by atoms with Crippen molar-refractivity contribution >= 4 is 11.8 Å². The molecule has 0 aliphatic carbocycles. The second kappa shape index (κ2) is 8.54. The highest BCUT2D eigenvalue weighted by Crippen LogP contribution is 2.22. The molecule has 0 radical (unpaired) electrons. The zero-order valence-electron chi connectivity index (χ0n) is 10.7. The highest BCUT2D eigenvalue weighted by molar-refractivity contribution is 7.99. The van der Waals surface area contributed by atoms with Crippen molar-refractivity contribution in [2.24, 2.45) is 0 Å². The molecule has 0 aliphatic rings. The normalized spacial score (nSPS) is 12.6. The molecule has 0 aromatic heterocycles. The van der Waals surface area contributed by atoms with Gasteiger partial charge in [-0.05, 0) is 25.1 Å².